The van der Waals surface area contributed by atoms with E-state index in [1.807, 2.05) is 0 Å². The maximum Gasteiger partial charge on any atom is 0.0123 e. The maximum absolute atomic E-state index is 4.74. The van der Waals surface area contributed by atoms with Crippen LogP contribution in [0.2, 0.25) is 0 Å². The molecule has 5 rings (SSSR count). The van der Waals surface area contributed by atoms with Crippen LogP contribution in [0.15, 0.2) is 102 Å². The Morgan fingerprint density at radius 3 is 2.54 bits per heavy atom. The Bertz CT molecular complexity index is 1230. The summed E-state index contributed by atoms with van der Waals surface area (Å²) in [6.07, 6.45) is 11.7. The molecule has 2 aromatic carbocycles. The number of benzene rings is 2. The minimum Gasteiger partial charge on any atom is -0.0995 e. The van der Waals surface area contributed by atoms with Gasteiger partial charge in [-0.05, 0) is 76.0 Å². The highest BCUT2D eigenvalue weighted by molar-refractivity contribution is 5.81. The molecule has 4 atom stereocenters. The Morgan fingerprint density at radius 1 is 1.09 bits per heavy atom. The Morgan fingerprint density at radius 2 is 1.83 bits per heavy atom. The second-order valence-corrected chi connectivity index (χ2v) is 11.3. The van der Waals surface area contributed by atoms with Crippen molar-refractivity contribution in [1.82, 2.24) is 0 Å². The summed E-state index contributed by atoms with van der Waals surface area (Å²) >= 11 is 0. The highest BCUT2D eigenvalue weighted by Crippen LogP contribution is 2.57. The molecular formula is C35H40. The van der Waals surface area contributed by atoms with Gasteiger partial charge in [0.2, 0.25) is 0 Å². The zero-order valence-corrected chi connectivity index (χ0v) is 22.0. The largest absolute Gasteiger partial charge is 0.0995 e. The van der Waals surface area contributed by atoms with Crippen molar-refractivity contribution in [1.29, 1.82) is 0 Å². The topological polar surface area (TPSA) is 0 Å². The van der Waals surface area contributed by atoms with Gasteiger partial charge >= 0.3 is 0 Å². The molecule has 0 spiro atoms. The maximum atomic E-state index is 4.74. The van der Waals surface area contributed by atoms with Gasteiger partial charge in [-0.15, -0.1) is 0 Å². The van der Waals surface area contributed by atoms with Crippen LogP contribution < -0.4 is 0 Å². The molecule has 0 aromatic heterocycles. The molecule has 3 aliphatic rings. The lowest BCUT2D eigenvalue weighted by atomic mass is 9.62. The van der Waals surface area contributed by atoms with E-state index in [0.29, 0.717) is 29.6 Å². The molecule has 0 bridgehead atoms. The van der Waals surface area contributed by atoms with E-state index in [0.717, 1.165) is 25.7 Å². The van der Waals surface area contributed by atoms with Gasteiger partial charge in [0.05, 0.1) is 0 Å². The van der Waals surface area contributed by atoms with Gasteiger partial charge in [0.1, 0.15) is 0 Å². The number of hydrogen-bond donors (Lipinski definition) is 0. The lowest BCUT2D eigenvalue weighted by Crippen LogP contribution is -2.31. The first-order valence-corrected chi connectivity index (χ1v) is 13.5. The van der Waals surface area contributed by atoms with Crippen LogP contribution in [0.3, 0.4) is 0 Å². The average molecular weight is 461 g/mol. The molecule has 0 amide bonds. The molecular weight excluding hydrogens is 420 g/mol. The molecule has 180 valence electrons. The predicted molar refractivity (Wildman–Crippen MR) is 152 cm³/mol. The third-order valence-corrected chi connectivity index (χ3v) is 8.60. The molecule has 0 nitrogen and oxygen atoms in total. The molecule has 0 aliphatic heterocycles. The first-order valence-electron chi connectivity index (χ1n) is 13.5. The molecule has 3 aliphatic carbocycles. The van der Waals surface area contributed by atoms with E-state index in [9.17, 15) is 0 Å². The molecule has 0 heteroatoms. The lowest BCUT2D eigenvalue weighted by Gasteiger charge is -2.41. The zero-order valence-electron chi connectivity index (χ0n) is 22.0. The third kappa shape index (κ3) is 4.33. The molecule has 1 saturated carbocycles. The third-order valence-electron chi connectivity index (χ3n) is 8.60. The molecule has 0 heterocycles. The highest BCUT2D eigenvalue weighted by Gasteiger charge is 2.45. The van der Waals surface area contributed by atoms with Gasteiger partial charge in [0.15, 0.2) is 0 Å². The van der Waals surface area contributed by atoms with Gasteiger partial charge in [-0.25, -0.2) is 0 Å². The number of rotatable bonds is 6. The van der Waals surface area contributed by atoms with Crippen molar-refractivity contribution in [3.63, 3.8) is 0 Å². The summed E-state index contributed by atoms with van der Waals surface area (Å²) in [5, 5.41) is 0. The summed E-state index contributed by atoms with van der Waals surface area (Å²) in [6, 6.07) is 18.3. The predicted octanol–water partition coefficient (Wildman–Crippen LogP) is 9.58. The van der Waals surface area contributed by atoms with E-state index in [-0.39, 0.29) is 0 Å². The molecule has 0 radical (unpaired) electrons. The van der Waals surface area contributed by atoms with E-state index in [1.165, 1.54) is 44.5 Å². The monoisotopic (exact) mass is 460 g/mol. The summed E-state index contributed by atoms with van der Waals surface area (Å²) in [5.74, 6) is 2.28. The number of hydrogen-bond acceptors (Lipinski definition) is 0. The van der Waals surface area contributed by atoms with Crippen LogP contribution in [0.25, 0.3) is 5.57 Å². The molecule has 1 fully saturated rings. The highest BCUT2D eigenvalue weighted by atomic mass is 14.5. The van der Waals surface area contributed by atoms with E-state index >= 15 is 0 Å². The summed E-state index contributed by atoms with van der Waals surface area (Å²) in [4.78, 5) is 0. The van der Waals surface area contributed by atoms with Crippen molar-refractivity contribution in [3.8, 4) is 0 Å². The first kappa shape index (κ1) is 23.9. The van der Waals surface area contributed by atoms with E-state index < -0.39 is 0 Å². The fourth-order valence-electron chi connectivity index (χ4n) is 6.85. The minimum absolute atomic E-state index is 0.373. The molecule has 0 saturated heterocycles. The van der Waals surface area contributed by atoms with Crippen LogP contribution in [0.4, 0.5) is 0 Å². The second kappa shape index (κ2) is 9.65. The van der Waals surface area contributed by atoms with Crippen LogP contribution >= 0.6 is 0 Å². The van der Waals surface area contributed by atoms with Crippen molar-refractivity contribution in [2.45, 2.75) is 65.2 Å². The summed E-state index contributed by atoms with van der Waals surface area (Å²) < 4.78 is 0. The summed E-state index contributed by atoms with van der Waals surface area (Å²) in [5.41, 5.74) is 12.8. The Balaban J connectivity index is 1.54. The van der Waals surface area contributed by atoms with E-state index in [1.54, 1.807) is 5.57 Å². The Labute approximate surface area is 212 Å². The van der Waals surface area contributed by atoms with E-state index in [4.69, 9.17) is 6.58 Å². The fourth-order valence-corrected chi connectivity index (χ4v) is 6.85. The van der Waals surface area contributed by atoms with Crippen LogP contribution in [0.5, 0.6) is 0 Å². The van der Waals surface area contributed by atoms with E-state index in [2.05, 4.69) is 101 Å². The molecule has 2 aromatic rings. The standard InChI is InChI=1S/C35H40/c1-7-10-23(4)33-24(5)19-31-21-30(20-29-18-15-27-11-8-9-12-32(27)29)25(6)34(31)35(33)28-16-13-26(14-17-28)22(2)3/h8-9,11-14,16-20,22,24,33-35H,4,6-7,10,15,21H2,1-3,5H3/b30-20+. The number of fused-ring (bicyclic) bond motifs is 2. The smallest absolute Gasteiger partial charge is 0.0123 e. The number of allylic oxidation sites excluding steroid dienone is 8. The first-order chi connectivity index (χ1) is 16.9. The van der Waals surface area contributed by atoms with Crippen molar-refractivity contribution in [2.75, 3.05) is 0 Å². The van der Waals surface area contributed by atoms with Crippen molar-refractivity contribution < 1.29 is 0 Å². The Hall–Kier alpha value is -2.86. The summed E-state index contributed by atoms with van der Waals surface area (Å²) in [6.45, 7) is 18.6. The van der Waals surface area contributed by atoms with Gasteiger partial charge in [0, 0.05) is 11.8 Å². The van der Waals surface area contributed by atoms with Crippen LogP contribution in [-0.4, -0.2) is 0 Å². The molecule has 4 unspecified atom stereocenters. The van der Waals surface area contributed by atoms with Crippen LogP contribution in [0, 0.1) is 17.8 Å². The van der Waals surface area contributed by atoms with Gasteiger partial charge in [-0.2, -0.15) is 0 Å². The van der Waals surface area contributed by atoms with Crippen LogP contribution in [-0.2, 0) is 6.42 Å². The normalized spacial score (nSPS) is 26.5. The average Bonchev–Trinajstić information content (AvgIpc) is 3.39. The van der Waals surface area contributed by atoms with Crippen molar-refractivity contribution >= 4 is 5.57 Å². The van der Waals surface area contributed by atoms with Gasteiger partial charge < -0.3 is 0 Å². The van der Waals surface area contributed by atoms with Crippen molar-refractivity contribution in [2.24, 2.45) is 17.8 Å². The van der Waals surface area contributed by atoms with Gasteiger partial charge in [-0.3, -0.25) is 0 Å². The zero-order chi connectivity index (χ0) is 24.7. The Kier molecular flexibility index (Phi) is 6.58. The lowest BCUT2D eigenvalue weighted by molar-refractivity contribution is 0.322. The molecule has 0 N–H and O–H groups in total. The quantitative estimate of drug-likeness (QED) is 0.376. The summed E-state index contributed by atoms with van der Waals surface area (Å²) in [7, 11) is 0. The second-order valence-electron chi connectivity index (χ2n) is 11.3. The van der Waals surface area contributed by atoms with Gasteiger partial charge in [-0.1, -0.05) is 125 Å². The van der Waals surface area contributed by atoms with Gasteiger partial charge in [0.25, 0.3) is 0 Å². The molecule has 35 heavy (non-hydrogen) atoms. The SMILES string of the molecule is C=C1/C(=C/C2=CCc3ccccc32)CC2=CC(C)C(C(=C)CCC)C(c3ccc(C(C)C)cc3)C12. The minimum atomic E-state index is 0.373. The van der Waals surface area contributed by atoms with Crippen molar-refractivity contribution in [3.05, 3.63) is 124 Å². The fraction of sp³-hybridized carbons (Fsp3) is 0.371. The van der Waals surface area contributed by atoms with Crippen LogP contribution in [0.1, 0.15) is 81.0 Å².